The quantitative estimate of drug-likeness (QED) is 0.484. The van der Waals surface area contributed by atoms with Gasteiger partial charge in [0.25, 0.3) is 0 Å². The first-order chi connectivity index (χ1) is 15.2. The molecule has 1 aromatic carbocycles. The third-order valence-electron chi connectivity index (χ3n) is 4.98. The largest absolute Gasteiger partial charge is 0.490 e. The molecule has 0 aliphatic carbocycles. The molecular weight excluding hydrogens is 425 g/mol. The molecule has 4 rings (SSSR count). The van der Waals surface area contributed by atoms with Crippen LogP contribution in [0.5, 0.6) is 0 Å². The zero-order valence-electron chi connectivity index (χ0n) is 17.1. The van der Waals surface area contributed by atoms with E-state index < -0.39 is 12.1 Å². The van der Waals surface area contributed by atoms with Crippen LogP contribution in [0.4, 0.5) is 19.0 Å². The Kier molecular flexibility index (Phi) is 6.95. The number of halogens is 3. The number of H-pyrrole nitrogens is 1. The highest BCUT2D eigenvalue weighted by Gasteiger charge is 2.38. The van der Waals surface area contributed by atoms with Gasteiger partial charge in [0.1, 0.15) is 11.9 Å². The highest BCUT2D eigenvalue weighted by molar-refractivity contribution is 5.97. The van der Waals surface area contributed by atoms with Crippen molar-refractivity contribution in [3.63, 3.8) is 0 Å². The van der Waals surface area contributed by atoms with E-state index in [2.05, 4.69) is 26.7 Å². The highest BCUT2D eigenvalue weighted by Crippen LogP contribution is 2.29. The number of hydrogen-bond donors (Lipinski definition) is 4. The number of nitriles is 1. The predicted molar refractivity (Wildman–Crippen MR) is 112 cm³/mol. The Balaban J connectivity index is 0.000000360. The van der Waals surface area contributed by atoms with Gasteiger partial charge in [-0.05, 0) is 38.9 Å². The number of rotatable bonds is 3. The number of hydrogen-bond acceptors (Lipinski definition) is 6. The second-order valence-corrected chi connectivity index (χ2v) is 7.20. The first-order valence-corrected chi connectivity index (χ1v) is 9.82. The second kappa shape index (κ2) is 9.65. The van der Waals surface area contributed by atoms with E-state index in [1.807, 2.05) is 31.3 Å². The Morgan fingerprint density at radius 2 is 2.00 bits per heavy atom. The Hall–Kier alpha value is -3.65. The maximum atomic E-state index is 10.6. The van der Waals surface area contributed by atoms with Gasteiger partial charge in [0.15, 0.2) is 0 Å². The molecule has 0 bridgehead atoms. The topological polar surface area (TPSA) is 127 Å². The van der Waals surface area contributed by atoms with E-state index in [-0.39, 0.29) is 0 Å². The van der Waals surface area contributed by atoms with Gasteiger partial charge in [0.05, 0.1) is 28.7 Å². The van der Waals surface area contributed by atoms with Crippen molar-refractivity contribution >= 4 is 22.7 Å². The molecule has 8 nitrogen and oxygen atoms in total. The average Bonchev–Trinajstić information content (AvgIpc) is 3.20. The van der Waals surface area contributed by atoms with Crippen molar-refractivity contribution in [3.05, 3.63) is 41.9 Å². The molecule has 3 aromatic rings. The van der Waals surface area contributed by atoms with Gasteiger partial charge in [-0.3, -0.25) is 0 Å². The van der Waals surface area contributed by atoms with Crippen molar-refractivity contribution in [2.45, 2.75) is 32.0 Å². The lowest BCUT2D eigenvalue weighted by atomic mass is 10.1. The minimum atomic E-state index is -5.08. The Morgan fingerprint density at radius 3 is 2.59 bits per heavy atom. The molecule has 0 atom stereocenters. The van der Waals surface area contributed by atoms with Crippen molar-refractivity contribution in [1.29, 1.82) is 5.26 Å². The molecular formula is C21H21F3N6O2. The SMILES string of the molecule is Cc1nc(-c2c[nH]c3c(C#N)cccc23)cnc1NC1CCNCC1.O=C(O)C(F)(F)F. The standard InChI is InChI=1S/C19H20N6.C2HF3O2/c1-12-19(25-14-5-7-21-8-6-14)23-11-17(24-12)16-10-22-18-13(9-20)3-2-4-15(16)18;3-2(4,5)1(6)7/h2-4,10-11,14,21-22H,5-8H2,1H3,(H,23,25);(H,6,7). The van der Waals surface area contributed by atoms with Crippen LogP contribution in [-0.2, 0) is 4.79 Å². The maximum absolute atomic E-state index is 10.6. The van der Waals surface area contributed by atoms with Crippen LogP contribution < -0.4 is 10.6 Å². The van der Waals surface area contributed by atoms with Crippen molar-refractivity contribution in [2.24, 2.45) is 0 Å². The lowest BCUT2D eigenvalue weighted by Gasteiger charge is -2.24. The summed E-state index contributed by atoms with van der Waals surface area (Å²) in [4.78, 5) is 21.4. The Bertz CT molecular complexity index is 1150. The molecule has 0 saturated carbocycles. The molecule has 32 heavy (non-hydrogen) atoms. The number of aryl methyl sites for hydroxylation is 1. The molecule has 2 aromatic heterocycles. The predicted octanol–water partition coefficient (Wildman–Crippen LogP) is 3.60. The number of fused-ring (bicyclic) bond motifs is 1. The first-order valence-electron chi connectivity index (χ1n) is 9.82. The van der Waals surface area contributed by atoms with E-state index >= 15 is 0 Å². The lowest BCUT2D eigenvalue weighted by molar-refractivity contribution is -0.192. The molecule has 0 radical (unpaired) electrons. The van der Waals surface area contributed by atoms with Crippen molar-refractivity contribution in [1.82, 2.24) is 20.3 Å². The number of carboxylic acid groups (broad SMARTS) is 1. The number of aromatic amines is 1. The minimum absolute atomic E-state index is 0.450. The maximum Gasteiger partial charge on any atom is 0.490 e. The summed E-state index contributed by atoms with van der Waals surface area (Å²) in [5.74, 6) is -1.90. The summed E-state index contributed by atoms with van der Waals surface area (Å²) in [6.07, 6.45) is 0.817. The van der Waals surface area contributed by atoms with Gasteiger partial charge < -0.3 is 20.7 Å². The Morgan fingerprint density at radius 1 is 1.31 bits per heavy atom. The van der Waals surface area contributed by atoms with Crippen LogP contribution in [-0.4, -0.2) is 51.3 Å². The van der Waals surface area contributed by atoms with Gasteiger partial charge in [-0.1, -0.05) is 12.1 Å². The number of carbonyl (C=O) groups is 1. The molecule has 0 amide bonds. The zero-order valence-corrected chi connectivity index (χ0v) is 17.1. The van der Waals surface area contributed by atoms with Gasteiger partial charge in [0, 0.05) is 23.2 Å². The second-order valence-electron chi connectivity index (χ2n) is 7.20. The van der Waals surface area contributed by atoms with Gasteiger partial charge in [0.2, 0.25) is 0 Å². The van der Waals surface area contributed by atoms with Crippen molar-refractivity contribution in [2.75, 3.05) is 18.4 Å². The van der Waals surface area contributed by atoms with E-state index in [1.165, 1.54) is 0 Å². The summed E-state index contributed by atoms with van der Waals surface area (Å²) >= 11 is 0. The summed E-state index contributed by atoms with van der Waals surface area (Å²) in [7, 11) is 0. The third-order valence-corrected chi connectivity index (χ3v) is 4.98. The van der Waals surface area contributed by atoms with Crippen LogP contribution >= 0.6 is 0 Å². The van der Waals surface area contributed by atoms with Gasteiger partial charge in [-0.2, -0.15) is 18.4 Å². The molecule has 1 aliphatic rings. The van der Waals surface area contributed by atoms with Crippen LogP contribution in [0, 0.1) is 18.3 Å². The average molecular weight is 446 g/mol. The summed E-state index contributed by atoms with van der Waals surface area (Å²) in [5, 5.41) is 24.2. The van der Waals surface area contributed by atoms with Gasteiger partial charge in [-0.15, -0.1) is 0 Å². The fourth-order valence-corrected chi connectivity index (χ4v) is 3.37. The number of benzene rings is 1. The summed E-state index contributed by atoms with van der Waals surface area (Å²) in [6.45, 7) is 4.06. The number of nitrogens with one attached hydrogen (secondary N) is 3. The van der Waals surface area contributed by atoms with Crippen LogP contribution in [0.25, 0.3) is 22.2 Å². The third kappa shape index (κ3) is 5.33. The highest BCUT2D eigenvalue weighted by atomic mass is 19.4. The number of piperidine rings is 1. The molecule has 1 saturated heterocycles. The van der Waals surface area contributed by atoms with Crippen LogP contribution in [0.1, 0.15) is 24.1 Å². The molecule has 0 unspecified atom stereocenters. The minimum Gasteiger partial charge on any atom is -0.475 e. The van der Waals surface area contributed by atoms with Crippen molar-refractivity contribution in [3.8, 4) is 17.3 Å². The molecule has 168 valence electrons. The van der Waals surface area contributed by atoms with E-state index in [0.29, 0.717) is 11.6 Å². The van der Waals surface area contributed by atoms with Crippen molar-refractivity contribution < 1.29 is 23.1 Å². The van der Waals surface area contributed by atoms with E-state index in [1.54, 1.807) is 6.20 Å². The van der Waals surface area contributed by atoms with Gasteiger partial charge >= 0.3 is 12.1 Å². The Labute approximate surface area is 181 Å². The van der Waals surface area contributed by atoms with E-state index in [4.69, 9.17) is 14.9 Å². The van der Waals surface area contributed by atoms with Crippen LogP contribution in [0.15, 0.2) is 30.6 Å². The molecule has 1 fully saturated rings. The fraction of sp³-hybridized carbons (Fsp3) is 0.333. The summed E-state index contributed by atoms with van der Waals surface area (Å²) < 4.78 is 31.7. The number of alkyl halides is 3. The molecule has 4 N–H and O–H groups in total. The van der Waals surface area contributed by atoms with E-state index in [9.17, 15) is 18.4 Å². The number of aliphatic carboxylic acids is 1. The van der Waals surface area contributed by atoms with Crippen LogP contribution in [0.2, 0.25) is 0 Å². The molecule has 11 heteroatoms. The monoisotopic (exact) mass is 446 g/mol. The van der Waals surface area contributed by atoms with E-state index in [0.717, 1.165) is 59.6 Å². The lowest BCUT2D eigenvalue weighted by Crippen LogP contribution is -2.35. The number of nitrogens with zero attached hydrogens (tertiary/aromatic N) is 3. The number of carboxylic acids is 1. The summed E-state index contributed by atoms with van der Waals surface area (Å²) in [5.41, 5.74) is 4.15. The normalized spacial score (nSPS) is 14.3. The molecule has 0 spiro atoms. The smallest absolute Gasteiger partial charge is 0.475 e. The van der Waals surface area contributed by atoms with Gasteiger partial charge in [-0.25, -0.2) is 14.8 Å². The van der Waals surface area contributed by atoms with Crippen LogP contribution in [0.3, 0.4) is 0 Å². The zero-order chi connectivity index (χ0) is 23.3. The first kappa shape index (κ1) is 23.0. The number of aromatic nitrogens is 3. The number of anilines is 1. The molecule has 3 heterocycles. The number of para-hydroxylation sites is 1. The fourth-order valence-electron chi connectivity index (χ4n) is 3.37. The summed E-state index contributed by atoms with van der Waals surface area (Å²) in [6, 6.07) is 8.37. The molecule has 1 aliphatic heterocycles.